The monoisotopic (exact) mass is 467 g/mol. The van der Waals surface area contributed by atoms with E-state index in [2.05, 4.69) is 15.8 Å². The van der Waals surface area contributed by atoms with Crippen LogP contribution in [0.4, 0.5) is 5.69 Å². The third-order valence-corrected chi connectivity index (χ3v) is 4.95. The number of rotatable bonds is 8. The van der Waals surface area contributed by atoms with Gasteiger partial charge in [0.05, 0.1) is 27.5 Å². The lowest BCUT2D eigenvalue weighted by Crippen LogP contribution is -2.18. The maximum Gasteiger partial charge on any atom is 0.271 e. The quantitative estimate of drug-likeness (QED) is 0.378. The van der Waals surface area contributed by atoms with E-state index in [0.717, 1.165) is 0 Å². The molecule has 3 rings (SSSR count). The number of methoxy groups -OCH3 is 3. The third kappa shape index (κ3) is 5.81. The van der Waals surface area contributed by atoms with Gasteiger partial charge in [-0.25, -0.2) is 5.43 Å². The summed E-state index contributed by atoms with van der Waals surface area (Å²) in [6, 6.07) is 16.6. The molecule has 0 saturated heterocycles. The van der Waals surface area contributed by atoms with Gasteiger partial charge in [-0.15, -0.1) is 0 Å². The Morgan fingerprint density at radius 1 is 0.848 bits per heavy atom. The van der Waals surface area contributed by atoms with Crippen LogP contribution in [-0.4, -0.2) is 39.4 Å². The van der Waals surface area contributed by atoms with Crippen LogP contribution in [0.5, 0.6) is 17.2 Å². The molecule has 9 heteroatoms. The van der Waals surface area contributed by atoms with Gasteiger partial charge in [0.25, 0.3) is 11.8 Å². The van der Waals surface area contributed by atoms with Crippen molar-refractivity contribution in [2.75, 3.05) is 26.6 Å². The number of benzene rings is 3. The summed E-state index contributed by atoms with van der Waals surface area (Å²) in [5, 5.41) is 7.22. The minimum atomic E-state index is -0.402. The number of nitrogens with zero attached hydrogens (tertiary/aromatic N) is 1. The van der Waals surface area contributed by atoms with Gasteiger partial charge in [-0.3, -0.25) is 9.59 Å². The summed E-state index contributed by atoms with van der Waals surface area (Å²) in [6.07, 6.45) is 1.46. The molecule has 2 N–H and O–H groups in total. The Kier molecular flexibility index (Phi) is 7.88. The van der Waals surface area contributed by atoms with Crippen molar-refractivity contribution in [1.29, 1.82) is 0 Å². The largest absolute Gasteiger partial charge is 0.493 e. The Morgan fingerprint density at radius 2 is 1.48 bits per heavy atom. The standard InChI is InChI=1S/C24H22ClN3O5/c1-31-20-12-17(13-21(32-2)22(20)33-3)23(29)27-18-10-8-15(9-11-18)24(30)28-26-14-16-6-4-5-7-19(16)25/h4-14H,1-3H3,(H,27,29)(H,28,30)/b26-14+. The maximum atomic E-state index is 12.7. The molecule has 33 heavy (non-hydrogen) atoms. The number of hydrazone groups is 1. The summed E-state index contributed by atoms with van der Waals surface area (Å²) in [6.45, 7) is 0. The van der Waals surface area contributed by atoms with Crippen molar-refractivity contribution in [2.24, 2.45) is 5.10 Å². The third-order valence-electron chi connectivity index (χ3n) is 4.61. The molecule has 0 unspecified atom stereocenters. The highest BCUT2D eigenvalue weighted by molar-refractivity contribution is 6.33. The lowest BCUT2D eigenvalue weighted by Gasteiger charge is -2.14. The molecule has 0 atom stereocenters. The first kappa shape index (κ1) is 23.6. The molecule has 0 aliphatic carbocycles. The van der Waals surface area contributed by atoms with Gasteiger partial charge in [0.1, 0.15) is 0 Å². The van der Waals surface area contributed by atoms with Crippen molar-refractivity contribution >= 4 is 35.3 Å². The molecule has 0 bridgehead atoms. The maximum absolute atomic E-state index is 12.7. The van der Waals surface area contributed by atoms with E-state index in [1.54, 1.807) is 54.6 Å². The molecule has 0 aromatic heterocycles. The first-order valence-corrected chi connectivity index (χ1v) is 10.1. The molecule has 8 nitrogen and oxygen atoms in total. The highest BCUT2D eigenvalue weighted by Crippen LogP contribution is 2.38. The lowest BCUT2D eigenvalue weighted by molar-refractivity contribution is 0.0954. The van der Waals surface area contributed by atoms with Gasteiger partial charge in [-0.05, 0) is 42.5 Å². The smallest absolute Gasteiger partial charge is 0.271 e. The minimum absolute atomic E-state index is 0.320. The average Bonchev–Trinajstić information content (AvgIpc) is 2.84. The van der Waals surface area contributed by atoms with Crippen LogP contribution >= 0.6 is 11.6 Å². The fourth-order valence-electron chi connectivity index (χ4n) is 2.93. The summed E-state index contributed by atoms with van der Waals surface area (Å²) < 4.78 is 15.8. The molecular weight excluding hydrogens is 446 g/mol. The van der Waals surface area contributed by atoms with Crippen LogP contribution < -0.4 is 25.0 Å². The number of ether oxygens (including phenoxy) is 3. The van der Waals surface area contributed by atoms with Gasteiger partial charge in [0.15, 0.2) is 11.5 Å². The number of hydrogen-bond acceptors (Lipinski definition) is 6. The summed E-state index contributed by atoms with van der Waals surface area (Å²) in [5.41, 5.74) is 4.32. The molecule has 2 amide bonds. The molecule has 0 radical (unpaired) electrons. The van der Waals surface area contributed by atoms with Crippen LogP contribution in [-0.2, 0) is 0 Å². The van der Waals surface area contributed by atoms with E-state index < -0.39 is 5.91 Å². The highest BCUT2D eigenvalue weighted by Gasteiger charge is 2.17. The zero-order valence-corrected chi connectivity index (χ0v) is 19.0. The van der Waals surface area contributed by atoms with Gasteiger partial charge >= 0.3 is 0 Å². The molecule has 0 heterocycles. The number of carbonyl (C=O) groups excluding carboxylic acids is 2. The van der Waals surface area contributed by atoms with Gasteiger partial charge in [0.2, 0.25) is 5.75 Å². The van der Waals surface area contributed by atoms with E-state index >= 15 is 0 Å². The molecule has 0 saturated carbocycles. The Balaban J connectivity index is 1.66. The topological polar surface area (TPSA) is 98.2 Å². The Hall–Kier alpha value is -4.04. The Morgan fingerprint density at radius 3 is 2.06 bits per heavy atom. The van der Waals surface area contributed by atoms with E-state index in [4.69, 9.17) is 25.8 Å². The van der Waals surface area contributed by atoms with E-state index in [1.165, 1.54) is 27.5 Å². The first-order chi connectivity index (χ1) is 16.0. The summed E-state index contributed by atoms with van der Waals surface area (Å²) >= 11 is 6.05. The van der Waals surface area contributed by atoms with Crippen molar-refractivity contribution in [2.45, 2.75) is 0 Å². The second-order valence-corrected chi connectivity index (χ2v) is 7.07. The number of halogens is 1. The SMILES string of the molecule is COc1cc(C(=O)Nc2ccc(C(=O)N/N=C/c3ccccc3Cl)cc2)cc(OC)c1OC. The number of nitrogens with one attached hydrogen (secondary N) is 2. The molecule has 3 aromatic rings. The van der Waals surface area contributed by atoms with Crippen molar-refractivity contribution in [3.63, 3.8) is 0 Å². The van der Waals surface area contributed by atoms with Gasteiger partial charge < -0.3 is 19.5 Å². The number of hydrogen-bond donors (Lipinski definition) is 2. The van der Waals surface area contributed by atoms with Crippen LogP contribution in [0.1, 0.15) is 26.3 Å². The van der Waals surface area contributed by atoms with Crippen LogP contribution in [0.2, 0.25) is 5.02 Å². The summed E-state index contributed by atoms with van der Waals surface area (Å²) in [7, 11) is 4.43. The fourth-order valence-corrected chi connectivity index (χ4v) is 3.11. The molecule has 0 spiro atoms. The Labute approximate surface area is 196 Å². The fraction of sp³-hybridized carbons (Fsp3) is 0.125. The van der Waals surface area contributed by atoms with Crippen LogP contribution in [0.3, 0.4) is 0 Å². The molecule has 0 aliphatic rings. The number of carbonyl (C=O) groups is 2. The first-order valence-electron chi connectivity index (χ1n) is 9.76. The lowest BCUT2D eigenvalue weighted by atomic mass is 10.1. The van der Waals surface area contributed by atoms with E-state index in [9.17, 15) is 9.59 Å². The second-order valence-electron chi connectivity index (χ2n) is 6.67. The van der Waals surface area contributed by atoms with Gasteiger partial charge in [-0.2, -0.15) is 5.10 Å². The molecular formula is C24H22ClN3O5. The zero-order chi connectivity index (χ0) is 23.8. The summed E-state index contributed by atoms with van der Waals surface area (Å²) in [5.74, 6) is 0.346. The zero-order valence-electron chi connectivity index (χ0n) is 18.2. The predicted octanol–water partition coefficient (Wildman–Crippen LogP) is 4.38. The van der Waals surface area contributed by atoms with E-state index in [1.807, 2.05) is 6.07 Å². The van der Waals surface area contributed by atoms with Crippen molar-refractivity contribution in [3.05, 3.63) is 82.4 Å². The van der Waals surface area contributed by atoms with Gasteiger partial charge in [-0.1, -0.05) is 29.8 Å². The Bertz CT molecular complexity index is 1150. The van der Waals surface area contributed by atoms with Crippen molar-refractivity contribution < 1.29 is 23.8 Å². The molecule has 3 aromatic carbocycles. The van der Waals surface area contributed by atoms with Gasteiger partial charge in [0, 0.05) is 27.4 Å². The normalized spacial score (nSPS) is 10.5. The number of amides is 2. The van der Waals surface area contributed by atoms with Crippen LogP contribution in [0.25, 0.3) is 0 Å². The summed E-state index contributed by atoms with van der Waals surface area (Å²) in [4.78, 5) is 25.0. The molecule has 170 valence electrons. The average molecular weight is 468 g/mol. The number of anilines is 1. The molecule has 0 aliphatic heterocycles. The van der Waals surface area contributed by atoms with Crippen LogP contribution in [0.15, 0.2) is 65.8 Å². The van der Waals surface area contributed by atoms with E-state index in [-0.39, 0.29) is 5.91 Å². The van der Waals surface area contributed by atoms with Crippen molar-refractivity contribution in [3.8, 4) is 17.2 Å². The van der Waals surface area contributed by atoms with Crippen molar-refractivity contribution in [1.82, 2.24) is 5.43 Å². The van der Waals surface area contributed by atoms with E-state index in [0.29, 0.717) is 44.6 Å². The molecule has 0 fully saturated rings. The highest BCUT2D eigenvalue weighted by atomic mass is 35.5. The van der Waals surface area contributed by atoms with Crippen LogP contribution in [0, 0.1) is 0 Å². The minimum Gasteiger partial charge on any atom is -0.493 e. The second kappa shape index (κ2) is 11.0. The predicted molar refractivity (Wildman–Crippen MR) is 127 cm³/mol.